The molecule has 0 bridgehead atoms. The Bertz CT molecular complexity index is 827. The predicted octanol–water partition coefficient (Wildman–Crippen LogP) is 1.82. The summed E-state index contributed by atoms with van der Waals surface area (Å²) in [6, 6.07) is 8.12. The third kappa shape index (κ3) is 1.67. The topological polar surface area (TPSA) is 64.8 Å². The summed E-state index contributed by atoms with van der Waals surface area (Å²) >= 11 is 0. The van der Waals surface area contributed by atoms with E-state index in [9.17, 15) is 4.79 Å². The molecule has 1 aromatic carbocycles. The van der Waals surface area contributed by atoms with E-state index in [4.69, 9.17) is 0 Å². The Balaban J connectivity index is 1.99. The first-order chi connectivity index (χ1) is 9.84. The standard InChI is InChI=1S/C15H15N4O/c20-15-18-14-11-3-1-2-4-12(11)17-9-13(14)19(15)10-5-7-16-8-6-10/h1-4,9-10H,5-8H2,(H,18,20). The lowest BCUT2D eigenvalue weighted by Crippen LogP contribution is -2.30. The highest BCUT2D eigenvalue weighted by molar-refractivity contribution is 6.01. The molecule has 0 saturated carbocycles. The van der Waals surface area contributed by atoms with Crippen LogP contribution in [0.2, 0.25) is 0 Å². The summed E-state index contributed by atoms with van der Waals surface area (Å²) < 4.78 is 1.86. The number of nitrogens with zero attached hydrogens (tertiary/aromatic N) is 3. The number of rotatable bonds is 1. The Kier molecular flexibility index (Phi) is 2.60. The van der Waals surface area contributed by atoms with Gasteiger partial charge < -0.3 is 4.98 Å². The van der Waals surface area contributed by atoms with Crippen LogP contribution in [0.1, 0.15) is 18.9 Å². The van der Waals surface area contributed by atoms with Crippen molar-refractivity contribution in [2.45, 2.75) is 18.9 Å². The molecule has 2 aromatic heterocycles. The molecule has 1 fully saturated rings. The van der Waals surface area contributed by atoms with Crippen LogP contribution in [0, 0.1) is 0 Å². The molecule has 0 spiro atoms. The van der Waals surface area contributed by atoms with E-state index in [0.717, 1.165) is 47.9 Å². The Labute approximate surface area is 115 Å². The van der Waals surface area contributed by atoms with E-state index in [2.05, 4.69) is 15.3 Å². The fraction of sp³-hybridized carbons (Fsp3) is 0.333. The van der Waals surface area contributed by atoms with Gasteiger partial charge in [0, 0.05) is 24.5 Å². The number of para-hydroxylation sites is 1. The Morgan fingerprint density at radius 2 is 2.00 bits per heavy atom. The van der Waals surface area contributed by atoms with E-state index in [1.165, 1.54) is 0 Å². The van der Waals surface area contributed by atoms with Crippen LogP contribution in [-0.4, -0.2) is 27.6 Å². The van der Waals surface area contributed by atoms with Gasteiger partial charge >= 0.3 is 5.69 Å². The molecule has 4 rings (SSSR count). The van der Waals surface area contributed by atoms with Crippen molar-refractivity contribution in [1.82, 2.24) is 19.9 Å². The molecule has 3 aromatic rings. The molecule has 0 unspecified atom stereocenters. The van der Waals surface area contributed by atoms with Crippen LogP contribution in [0.3, 0.4) is 0 Å². The lowest BCUT2D eigenvalue weighted by molar-refractivity contribution is 0.364. The maximum Gasteiger partial charge on any atom is 0.326 e. The van der Waals surface area contributed by atoms with Crippen molar-refractivity contribution in [2.24, 2.45) is 0 Å². The summed E-state index contributed by atoms with van der Waals surface area (Å²) in [5, 5.41) is 5.36. The summed E-state index contributed by atoms with van der Waals surface area (Å²) in [6.07, 6.45) is 3.67. The summed E-state index contributed by atoms with van der Waals surface area (Å²) in [6.45, 7) is 1.68. The van der Waals surface area contributed by atoms with Crippen molar-refractivity contribution < 1.29 is 0 Å². The van der Waals surface area contributed by atoms with Gasteiger partial charge in [-0.1, -0.05) is 18.2 Å². The largest absolute Gasteiger partial charge is 0.326 e. The molecule has 0 amide bonds. The number of nitrogens with one attached hydrogen (secondary N) is 1. The number of hydrogen-bond donors (Lipinski definition) is 1. The summed E-state index contributed by atoms with van der Waals surface area (Å²) in [4.78, 5) is 19.8. The second-order valence-corrected chi connectivity index (χ2v) is 5.24. The van der Waals surface area contributed by atoms with Crippen molar-refractivity contribution in [3.63, 3.8) is 0 Å². The lowest BCUT2D eigenvalue weighted by Gasteiger charge is -2.22. The summed E-state index contributed by atoms with van der Waals surface area (Å²) in [5.41, 5.74) is 2.67. The van der Waals surface area contributed by atoms with Gasteiger partial charge in [0.2, 0.25) is 0 Å². The number of piperidine rings is 1. The normalized spacial score (nSPS) is 17.0. The quantitative estimate of drug-likeness (QED) is 0.731. The van der Waals surface area contributed by atoms with Crippen LogP contribution in [0.15, 0.2) is 35.3 Å². The monoisotopic (exact) mass is 267 g/mol. The molecule has 5 nitrogen and oxygen atoms in total. The van der Waals surface area contributed by atoms with Gasteiger partial charge in [-0.25, -0.2) is 10.1 Å². The second kappa shape index (κ2) is 4.45. The van der Waals surface area contributed by atoms with Crippen molar-refractivity contribution in [1.29, 1.82) is 0 Å². The van der Waals surface area contributed by atoms with Gasteiger partial charge in [0.15, 0.2) is 0 Å². The van der Waals surface area contributed by atoms with E-state index >= 15 is 0 Å². The number of aromatic amines is 1. The Hall–Kier alpha value is -2.14. The van der Waals surface area contributed by atoms with Crippen LogP contribution in [0.4, 0.5) is 0 Å². The van der Waals surface area contributed by atoms with Gasteiger partial charge in [-0.05, 0) is 18.9 Å². The maximum atomic E-state index is 12.3. The number of pyridine rings is 1. The fourth-order valence-corrected chi connectivity index (χ4v) is 3.08. The highest BCUT2D eigenvalue weighted by Crippen LogP contribution is 2.25. The third-order valence-corrected chi connectivity index (χ3v) is 4.07. The molecular weight excluding hydrogens is 252 g/mol. The number of hydrogen-bond acceptors (Lipinski definition) is 2. The number of fused-ring (bicyclic) bond motifs is 3. The highest BCUT2D eigenvalue weighted by atomic mass is 16.1. The van der Waals surface area contributed by atoms with E-state index in [0.29, 0.717) is 0 Å². The van der Waals surface area contributed by atoms with Crippen LogP contribution in [0.25, 0.3) is 21.9 Å². The average Bonchev–Trinajstić information content (AvgIpc) is 2.84. The van der Waals surface area contributed by atoms with Crippen LogP contribution in [-0.2, 0) is 0 Å². The number of imidazole rings is 1. The zero-order chi connectivity index (χ0) is 13.5. The molecule has 1 saturated heterocycles. The van der Waals surface area contributed by atoms with Gasteiger partial charge in [-0.2, -0.15) is 0 Å². The Morgan fingerprint density at radius 1 is 1.20 bits per heavy atom. The molecule has 5 heteroatoms. The van der Waals surface area contributed by atoms with E-state index < -0.39 is 0 Å². The molecule has 1 aliphatic rings. The first-order valence-corrected chi connectivity index (χ1v) is 6.96. The minimum atomic E-state index is -0.0370. The SMILES string of the molecule is O=c1[nH]c2c3ccccc3ncc2n1C1CC[N]CC1. The van der Waals surface area contributed by atoms with Crippen molar-refractivity contribution in [2.75, 3.05) is 13.1 Å². The molecule has 1 N–H and O–H groups in total. The van der Waals surface area contributed by atoms with Crippen LogP contribution >= 0.6 is 0 Å². The fourth-order valence-electron chi connectivity index (χ4n) is 3.08. The first-order valence-electron chi connectivity index (χ1n) is 6.96. The predicted molar refractivity (Wildman–Crippen MR) is 78.0 cm³/mol. The second-order valence-electron chi connectivity index (χ2n) is 5.24. The van der Waals surface area contributed by atoms with E-state index in [1.807, 2.05) is 28.8 Å². The van der Waals surface area contributed by atoms with Crippen molar-refractivity contribution in [3.8, 4) is 0 Å². The smallest absolute Gasteiger partial charge is 0.305 e. The zero-order valence-electron chi connectivity index (χ0n) is 11.0. The van der Waals surface area contributed by atoms with Gasteiger partial charge in [0.25, 0.3) is 0 Å². The lowest BCUT2D eigenvalue weighted by atomic mass is 10.1. The molecule has 3 heterocycles. The summed E-state index contributed by atoms with van der Waals surface area (Å²) in [5.74, 6) is 0. The highest BCUT2D eigenvalue weighted by Gasteiger charge is 2.20. The minimum absolute atomic E-state index is 0.0370. The van der Waals surface area contributed by atoms with Gasteiger partial charge in [0.1, 0.15) is 0 Å². The van der Waals surface area contributed by atoms with Gasteiger partial charge in [-0.3, -0.25) is 9.55 Å². The number of benzene rings is 1. The molecule has 101 valence electrons. The minimum Gasteiger partial charge on any atom is -0.305 e. The Morgan fingerprint density at radius 3 is 2.85 bits per heavy atom. The van der Waals surface area contributed by atoms with E-state index in [-0.39, 0.29) is 11.7 Å². The van der Waals surface area contributed by atoms with Gasteiger partial charge in [-0.15, -0.1) is 0 Å². The van der Waals surface area contributed by atoms with Crippen molar-refractivity contribution >= 4 is 21.9 Å². The average molecular weight is 267 g/mol. The van der Waals surface area contributed by atoms with E-state index in [1.54, 1.807) is 6.20 Å². The number of aromatic nitrogens is 3. The van der Waals surface area contributed by atoms with Gasteiger partial charge in [0.05, 0.1) is 22.7 Å². The molecule has 1 radical (unpaired) electrons. The molecular formula is C15H15N4O. The molecule has 0 aliphatic carbocycles. The van der Waals surface area contributed by atoms with Crippen LogP contribution < -0.4 is 11.0 Å². The zero-order valence-corrected chi connectivity index (χ0v) is 11.0. The molecule has 0 atom stereocenters. The number of H-pyrrole nitrogens is 1. The van der Waals surface area contributed by atoms with Crippen molar-refractivity contribution in [3.05, 3.63) is 40.9 Å². The third-order valence-electron chi connectivity index (χ3n) is 4.07. The van der Waals surface area contributed by atoms with Crippen LogP contribution in [0.5, 0.6) is 0 Å². The maximum absolute atomic E-state index is 12.3. The summed E-state index contributed by atoms with van der Waals surface area (Å²) in [7, 11) is 0. The first kappa shape index (κ1) is 11.7. The molecule has 20 heavy (non-hydrogen) atoms. The molecule has 1 aliphatic heterocycles.